The van der Waals surface area contributed by atoms with Gasteiger partial charge in [-0.05, 0) is 30.5 Å². The first-order valence-electron chi connectivity index (χ1n) is 8.05. The van der Waals surface area contributed by atoms with E-state index in [1.807, 2.05) is 19.1 Å². The van der Waals surface area contributed by atoms with Gasteiger partial charge >= 0.3 is 0 Å². The van der Waals surface area contributed by atoms with Crippen molar-refractivity contribution in [3.63, 3.8) is 0 Å². The van der Waals surface area contributed by atoms with Crippen molar-refractivity contribution in [1.82, 2.24) is 5.32 Å². The van der Waals surface area contributed by atoms with E-state index in [2.05, 4.69) is 31.3 Å². The van der Waals surface area contributed by atoms with E-state index in [0.29, 0.717) is 5.75 Å². The van der Waals surface area contributed by atoms with Crippen molar-refractivity contribution in [1.29, 1.82) is 0 Å². The van der Waals surface area contributed by atoms with Crippen molar-refractivity contribution >= 4 is 9.84 Å². The molecule has 1 atom stereocenters. The SMILES string of the molecule is CCCCCS(=O)(=O)CC(NCC)c1ccc(CC)cc1. The second kappa shape index (κ2) is 9.21. The average molecular weight is 311 g/mol. The zero-order chi connectivity index (χ0) is 15.7. The molecule has 1 N–H and O–H groups in total. The summed E-state index contributed by atoms with van der Waals surface area (Å²) in [5, 5.41) is 3.30. The van der Waals surface area contributed by atoms with Crippen LogP contribution in [0.15, 0.2) is 24.3 Å². The minimum absolute atomic E-state index is 0.104. The van der Waals surface area contributed by atoms with Crippen LogP contribution in [0.5, 0.6) is 0 Å². The number of unbranched alkanes of at least 4 members (excludes halogenated alkanes) is 2. The molecule has 21 heavy (non-hydrogen) atoms. The highest BCUT2D eigenvalue weighted by Gasteiger charge is 2.19. The van der Waals surface area contributed by atoms with Gasteiger partial charge in [-0.25, -0.2) is 8.42 Å². The third-order valence-corrected chi connectivity index (χ3v) is 5.47. The van der Waals surface area contributed by atoms with Crippen LogP contribution in [-0.2, 0) is 16.3 Å². The molecule has 0 aromatic heterocycles. The first-order chi connectivity index (χ1) is 10.0. The number of hydrogen-bond acceptors (Lipinski definition) is 3. The predicted octanol–water partition coefficient (Wildman–Crippen LogP) is 3.50. The second-order valence-electron chi connectivity index (χ2n) is 5.53. The highest BCUT2D eigenvalue weighted by Crippen LogP contribution is 2.17. The summed E-state index contributed by atoms with van der Waals surface area (Å²) in [5.74, 6) is 0.492. The lowest BCUT2D eigenvalue weighted by molar-refractivity contribution is 0.556. The Bertz CT molecular complexity index is 494. The van der Waals surface area contributed by atoms with Gasteiger partial charge in [0.05, 0.1) is 11.5 Å². The standard InChI is InChI=1S/C17H29NO2S/c1-4-7-8-13-21(19,20)14-17(18-6-3)16-11-9-15(5-2)10-12-16/h9-12,17-18H,4-8,13-14H2,1-3H3. The predicted molar refractivity (Wildman–Crippen MR) is 90.4 cm³/mol. The Hall–Kier alpha value is -0.870. The molecule has 0 amide bonds. The molecule has 0 saturated carbocycles. The number of benzene rings is 1. The lowest BCUT2D eigenvalue weighted by atomic mass is 10.1. The summed E-state index contributed by atoms with van der Waals surface area (Å²) in [5.41, 5.74) is 2.34. The van der Waals surface area contributed by atoms with Crippen molar-refractivity contribution in [3.05, 3.63) is 35.4 Å². The van der Waals surface area contributed by atoms with Crippen molar-refractivity contribution in [2.45, 2.75) is 52.5 Å². The molecule has 0 fully saturated rings. The van der Waals surface area contributed by atoms with E-state index in [0.717, 1.165) is 37.8 Å². The van der Waals surface area contributed by atoms with E-state index in [9.17, 15) is 8.42 Å². The summed E-state index contributed by atoms with van der Waals surface area (Å²) in [4.78, 5) is 0. The molecule has 1 aromatic carbocycles. The number of sulfone groups is 1. The molecular formula is C17H29NO2S. The third-order valence-electron chi connectivity index (χ3n) is 3.72. The fourth-order valence-corrected chi connectivity index (χ4v) is 4.04. The smallest absolute Gasteiger partial charge is 0.152 e. The van der Waals surface area contributed by atoms with Gasteiger partial charge in [-0.15, -0.1) is 0 Å². The highest BCUT2D eigenvalue weighted by atomic mass is 32.2. The van der Waals surface area contributed by atoms with E-state index in [4.69, 9.17) is 0 Å². The Kier molecular flexibility index (Phi) is 7.97. The van der Waals surface area contributed by atoms with Crippen LogP contribution in [0.4, 0.5) is 0 Å². The van der Waals surface area contributed by atoms with Gasteiger partial charge in [-0.3, -0.25) is 0 Å². The lowest BCUT2D eigenvalue weighted by Crippen LogP contribution is -2.29. The molecule has 0 aliphatic rings. The molecule has 3 nitrogen and oxygen atoms in total. The van der Waals surface area contributed by atoms with Gasteiger partial charge < -0.3 is 5.32 Å². The molecule has 0 spiro atoms. The molecule has 0 radical (unpaired) electrons. The van der Waals surface area contributed by atoms with Gasteiger partial charge in [0.15, 0.2) is 9.84 Å². The number of nitrogens with one attached hydrogen (secondary N) is 1. The summed E-state index contributed by atoms with van der Waals surface area (Å²) >= 11 is 0. The molecular weight excluding hydrogens is 282 g/mol. The maximum absolute atomic E-state index is 12.2. The zero-order valence-electron chi connectivity index (χ0n) is 13.6. The largest absolute Gasteiger partial charge is 0.309 e. The molecule has 1 rings (SSSR count). The number of hydrogen-bond donors (Lipinski definition) is 1. The average Bonchev–Trinajstić information content (AvgIpc) is 2.47. The van der Waals surface area contributed by atoms with Crippen LogP contribution in [0.25, 0.3) is 0 Å². The molecule has 4 heteroatoms. The van der Waals surface area contributed by atoms with Crippen LogP contribution in [-0.4, -0.2) is 26.5 Å². The Labute approximate surface area is 130 Å². The summed E-state index contributed by atoms with van der Waals surface area (Å²) < 4.78 is 24.5. The third kappa shape index (κ3) is 6.62. The highest BCUT2D eigenvalue weighted by molar-refractivity contribution is 7.91. The summed E-state index contributed by atoms with van der Waals surface area (Å²) in [6, 6.07) is 8.17. The Morgan fingerprint density at radius 3 is 2.24 bits per heavy atom. The van der Waals surface area contributed by atoms with E-state index in [1.54, 1.807) is 0 Å². The van der Waals surface area contributed by atoms with Gasteiger partial charge in [-0.1, -0.05) is 57.9 Å². The lowest BCUT2D eigenvalue weighted by Gasteiger charge is -2.19. The maximum atomic E-state index is 12.2. The fourth-order valence-electron chi connectivity index (χ4n) is 2.41. The molecule has 1 aromatic rings. The van der Waals surface area contributed by atoms with Gasteiger partial charge in [0.1, 0.15) is 0 Å². The number of aryl methyl sites for hydroxylation is 1. The molecule has 0 bridgehead atoms. The van der Waals surface area contributed by atoms with Gasteiger partial charge in [0.2, 0.25) is 0 Å². The van der Waals surface area contributed by atoms with Crippen molar-refractivity contribution < 1.29 is 8.42 Å². The van der Waals surface area contributed by atoms with E-state index >= 15 is 0 Å². The Morgan fingerprint density at radius 2 is 1.71 bits per heavy atom. The number of rotatable bonds is 10. The summed E-state index contributed by atoms with van der Waals surface area (Å²) in [7, 11) is -3.00. The molecule has 0 saturated heterocycles. The second-order valence-corrected chi connectivity index (χ2v) is 7.76. The minimum atomic E-state index is -3.00. The van der Waals surface area contributed by atoms with Crippen LogP contribution >= 0.6 is 0 Å². The first kappa shape index (κ1) is 18.2. The van der Waals surface area contributed by atoms with Gasteiger partial charge in [-0.2, -0.15) is 0 Å². The molecule has 1 unspecified atom stereocenters. The summed E-state index contributed by atoms with van der Waals surface area (Å²) in [6.45, 7) is 6.99. The quantitative estimate of drug-likeness (QED) is 0.673. The normalized spacial score (nSPS) is 13.3. The van der Waals surface area contributed by atoms with Crippen LogP contribution in [0.1, 0.15) is 57.2 Å². The zero-order valence-corrected chi connectivity index (χ0v) is 14.4. The monoisotopic (exact) mass is 311 g/mol. The van der Waals surface area contributed by atoms with E-state index in [-0.39, 0.29) is 11.8 Å². The van der Waals surface area contributed by atoms with E-state index in [1.165, 1.54) is 5.56 Å². The topological polar surface area (TPSA) is 46.2 Å². The van der Waals surface area contributed by atoms with Crippen LogP contribution in [0, 0.1) is 0 Å². The first-order valence-corrected chi connectivity index (χ1v) is 9.87. The van der Waals surface area contributed by atoms with Crippen molar-refractivity contribution in [2.24, 2.45) is 0 Å². The van der Waals surface area contributed by atoms with Gasteiger partial charge in [0, 0.05) is 6.04 Å². The Morgan fingerprint density at radius 1 is 1.05 bits per heavy atom. The van der Waals surface area contributed by atoms with Crippen LogP contribution in [0.3, 0.4) is 0 Å². The maximum Gasteiger partial charge on any atom is 0.152 e. The van der Waals surface area contributed by atoms with Crippen LogP contribution in [0.2, 0.25) is 0 Å². The molecule has 120 valence electrons. The fraction of sp³-hybridized carbons (Fsp3) is 0.647. The van der Waals surface area contributed by atoms with Crippen molar-refractivity contribution in [3.8, 4) is 0 Å². The molecule has 0 aliphatic heterocycles. The minimum Gasteiger partial charge on any atom is -0.309 e. The summed E-state index contributed by atoms with van der Waals surface area (Å²) in [6.07, 6.45) is 3.80. The van der Waals surface area contributed by atoms with Crippen LogP contribution < -0.4 is 5.32 Å². The molecule has 0 aliphatic carbocycles. The molecule has 0 heterocycles. The van der Waals surface area contributed by atoms with E-state index < -0.39 is 9.84 Å². The Balaban J connectivity index is 2.76. The van der Waals surface area contributed by atoms with Crippen molar-refractivity contribution in [2.75, 3.05) is 18.1 Å². The van der Waals surface area contributed by atoms with Gasteiger partial charge in [0.25, 0.3) is 0 Å².